The number of carbonyl (C=O) groups is 2. The number of aryl methyl sites for hydroxylation is 1. The maximum Gasteiger partial charge on any atom is 0.316 e. The molecule has 7 nitrogen and oxygen atoms in total. The van der Waals surface area contributed by atoms with Crippen molar-refractivity contribution in [1.82, 2.24) is 10.2 Å². The molecule has 0 unspecified atom stereocenters. The summed E-state index contributed by atoms with van der Waals surface area (Å²) in [5.74, 6) is 0.105. The number of hydrogen-bond acceptors (Lipinski definition) is 8. The van der Waals surface area contributed by atoms with E-state index in [1.807, 2.05) is 25.1 Å². The lowest BCUT2D eigenvalue weighted by Crippen LogP contribution is -2.30. The van der Waals surface area contributed by atoms with Gasteiger partial charge in [0.05, 0.1) is 12.9 Å². The van der Waals surface area contributed by atoms with Crippen LogP contribution in [0.3, 0.4) is 0 Å². The van der Waals surface area contributed by atoms with Crippen molar-refractivity contribution < 1.29 is 19.1 Å². The van der Waals surface area contributed by atoms with Gasteiger partial charge in [-0.15, -0.1) is 10.2 Å². The molecule has 1 N–H and O–H groups in total. The molecule has 0 fully saturated rings. The first-order valence-electron chi connectivity index (χ1n) is 7.05. The van der Waals surface area contributed by atoms with Gasteiger partial charge in [0.15, 0.2) is 10.4 Å². The SMILES string of the molecule is COC(=O)CSc1nnc(NC(=O)[C@H](C)Oc2cccc(C)c2)s1. The molecule has 0 radical (unpaired) electrons. The summed E-state index contributed by atoms with van der Waals surface area (Å²) in [6.07, 6.45) is -0.679. The number of esters is 1. The Bertz CT molecular complexity index is 720. The second kappa shape index (κ2) is 8.65. The van der Waals surface area contributed by atoms with Crippen LogP contribution in [0, 0.1) is 6.92 Å². The van der Waals surface area contributed by atoms with Crippen molar-refractivity contribution >= 4 is 40.1 Å². The summed E-state index contributed by atoms with van der Waals surface area (Å²) >= 11 is 2.39. The molecular formula is C15H17N3O4S2. The summed E-state index contributed by atoms with van der Waals surface area (Å²) in [6.45, 7) is 3.61. The van der Waals surface area contributed by atoms with E-state index in [-0.39, 0.29) is 17.6 Å². The Morgan fingerprint density at radius 3 is 2.88 bits per heavy atom. The van der Waals surface area contributed by atoms with Gasteiger partial charge >= 0.3 is 5.97 Å². The third-order valence-electron chi connectivity index (χ3n) is 2.85. The number of methoxy groups -OCH3 is 1. The van der Waals surface area contributed by atoms with Gasteiger partial charge in [-0.25, -0.2) is 0 Å². The fourth-order valence-corrected chi connectivity index (χ4v) is 3.24. The van der Waals surface area contributed by atoms with Crippen molar-refractivity contribution in [1.29, 1.82) is 0 Å². The quantitative estimate of drug-likeness (QED) is 0.457. The van der Waals surface area contributed by atoms with E-state index in [4.69, 9.17) is 4.74 Å². The Hall–Kier alpha value is -2.13. The molecule has 1 heterocycles. The second-order valence-electron chi connectivity index (χ2n) is 4.80. The molecule has 1 amide bonds. The molecule has 2 aromatic rings. The van der Waals surface area contributed by atoms with E-state index in [2.05, 4.69) is 20.3 Å². The predicted molar refractivity (Wildman–Crippen MR) is 92.5 cm³/mol. The smallest absolute Gasteiger partial charge is 0.316 e. The van der Waals surface area contributed by atoms with E-state index < -0.39 is 6.10 Å². The largest absolute Gasteiger partial charge is 0.481 e. The number of nitrogens with zero attached hydrogens (tertiary/aromatic N) is 2. The molecule has 2 rings (SSSR count). The van der Waals surface area contributed by atoms with Gasteiger partial charge in [0.1, 0.15) is 5.75 Å². The van der Waals surface area contributed by atoms with Crippen LogP contribution in [0.5, 0.6) is 5.75 Å². The lowest BCUT2D eigenvalue weighted by molar-refractivity contribution is -0.137. The Balaban J connectivity index is 1.87. The number of nitrogens with one attached hydrogen (secondary N) is 1. The van der Waals surface area contributed by atoms with Crippen molar-refractivity contribution in [3.05, 3.63) is 29.8 Å². The van der Waals surface area contributed by atoms with Gasteiger partial charge in [-0.2, -0.15) is 0 Å². The normalized spacial score (nSPS) is 11.6. The Morgan fingerprint density at radius 1 is 1.38 bits per heavy atom. The highest BCUT2D eigenvalue weighted by Gasteiger charge is 2.17. The summed E-state index contributed by atoms with van der Waals surface area (Å²) in [5.41, 5.74) is 1.05. The van der Waals surface area contributed by atoms with Crippen molar-refractivity contribution in [2.75, 3.05) is 18.2 Å². The third kappa shape index (κ3) is 5.50. The highest BCUT2D eigenvalue weighted by molar-refractivity contribution is 8.01. The summed E-state index contributed by atoms with van der Waals surface area (Å²) in [7, 11) is 1.32. The number of rotatable bonds is 7. The van der Waals surface area contributed by atoms with Crippen LogP contribution in [0.25, 0.3) is 0 Å². The summed E-state index contributed by atoms with van der Waals surface area (Å²) in [4.78, 5) is 23.2. The van der Waals surface area contributed by atoms with Gasteiger partial charge in [0, 0.05) is 0 Å². The second-order valence-corrected chi connectivity index (χ2v) is 7.00. The van der Waals surface area contributed by atoms with Gasteiger partial charge in [0.2, 0.25) is 5.13 Å². The molecule has 1 aromatic heterocycles. The van der Waals surface area contributed by atoms with Gasteiger partial charge in [0.25, 0.3) is 5.91 Å². The average Bonchev–Trinajstić information content (AvgIpc) is 3.00. The van der Waals surface area contributed by atoms with Crippen molar-refractivity contribution in [2.45, 2.75) is 24.3 Å². The van der Waals surface area contributed by atoms with Crippen molar-refractivity contribution in [3.63, 3.8) is 0 Å². The van der Waals surface area contributed by atoms with Crippen LogP contribution in [0.1, 0.15) is 12.5 Å². The van der Waals surface area contributed by atoms with Crippen LogP contribution < -0.4 is 10.1 Å². The maximum atomic E-state index is 12.1. The first-order valence-corrected chi connectivity index (χ1v) is 8.85. The zero-order chi connectivity index (χ0) is 17.5. The molecule has 0 saturated carbocycles. The maximum absolute atomic E-state index is 12.1. The molecule has 0 aliphatic rings. The van der Waals surface area contributed by atoms with Crippen LogP contribution in [0.15, 0.2) is 28.6 Å². The van der Waals surface area contributed by atoms with E-state index in [1.54, 1.807) is 13.0 Å². The molecule has 0 bridgehead atoms. The molecular weight excluding hydrogens is 350 g/mol. The Kier molecular flexibility index (Phi) is 6.56. The molecule has 1 aromatic carbocycles. The first kappa shape index (κ1) is 18.2. The van der Waals surface area contributed by atoms with Gasteiger partial charge in [-0.1, -0.05) is 35.2 Å². The van der Waals surface area contributed by atoms with Crippen LogP contribution in [0.2, 0.25) is 0 Å². The number of carbonyl (C=O) groups excluding carboxylic acids is 2. The summed E-state index contributed by atoms with van der Waals surface area (Å²) < 4.78 is 10.7. The summed E-state index contributed by atoms with van der Waals surface area (Å²) in [5, 5.41) is 10.8. The lowest BCUT2D eigenvalue weighted by Gasteiger charge is -2.13. The standard InChI is InChI=1S/C15H17N3O4S2/c1-9-5-4-6-11(7-9)22-10(2)13(20)16-14-17-18-15(24-14)23-8-12(19)21-3/h4-7,10H,8H2,1-3H3,(H,16,17,20)/t10-/m0/s1. The number of ether oxygens (including phenoxy) is 2. The molecule has 9 heteroatoms. The van der Waals surface area contributed by atoms with Gasteiger partial charge in [-0.05, 0) is 31.5 Å². The van der Waals surface area contributed by atoms with Gasteiger partial charge < -0.3 is 9.47 Å². The van der Waals surface area contributed by atoms with E-state index in [1.165, 1.54) is 30.2 Å². The number of hydrogen-bond donors (Lipinski definition) is 1. The highest BCUT2D eigenvalue weighted by Crippen LogP contribution is 2.25. The minimum absolute atomic E-state index is 0.145. The highest BCUT2D eigenvalue weighted by atomic mass is 32.2. The minimum atomic E-state index is -0.679. The van der Waals surface area contributed by atoms with Crippen molar-refractivity contribution in [2.24, 2.45) is 0 Å². The Morgan fingerprint density at radius 2 is 2.17 bits per heavy atom. The molecule has 0 spiro atoms. The van der Waals surface area contributed by atoms with Crippen LogP contribution >= 0.6 is 23.1 Å². The third-order valence-corrected chi connectivity index (χ3v) is 4.79. The molecule has 24 heavy (non-hydrogen) atoms. The number of aromatic nitrogens is 2. The van der Waals surface area contributed by atoms with Crippen molar-refractivity contribution in [3.8, 4) is 5.75 Å². The van der Waals surface area contributed by atoms with Crippen LogP contribution in [-0.2, 0) is 14.3 Å². The van der Waals surface area contributed by atoms with E-state index in [0.717, 1.165) is 5.56 Å². The zero-order valence-electron chi connectivity index (χ0n) is 13.4. The van der Waals surface area contributed by atoms with E-state index >= 15 is 0 Å². The van der Waals surface area contributed by atoms with Gasteiger partial charge in [-0.3, -0.25) is 14.9 Å². The summed E-state index contributed by atoms with van der Waals surface area (Å²) in [6, 6.07) is 7.47. The molecule has 0 aliphatic carbocycles. The lowest BCUT2D eigenvalue weighted by atomic mass is 10.2. The predicted octanol–water partition coefficient (Wildman–Crippen LogP) is 2.52. The number of amides is 1. The zero-order valence-corrected chi connectivity index (χ0v) is 15.1. The minimum Gasteiger partial charge on any atom is -0.481 e. The Labute approximate surface area is 147 Å². The van der Waals surface area contributed by atoms with E-state index in [0.29, 0.717) is 15.2 Å². The molecule has 0 aliphatic heterocycles. The van der Waals surface area contributed by atoms with E-state index in [9.17, 15) is 9.59 Å². The molecule has 0 saturated heterocycles. The number of benzene rings is 1. The first-order chi connectivity index (χ1) is 11.5. The molecule has 128 valence electrons. The fourth-order valence-electron chi connectivity index (χ4n) is 1.65. The topological polar surface area (TPSA) is 90.4 Å². The fraction of sp³-hybridized carbons (Fsp3) is 0.333. The monoisotopic (exact) mass is 367 g/mol. The average molecular weight is 367 g/mol. The number of thioether (sulfide) groups is 1. The molecule has 1 atom stereocenters. The van der Waals surface area contributed by atoms with Crippen LogP contribution in [-0.4, -0.2) is 41.0 Å². The van der Waals surface area contributed by atoms with Crippen LogP contribution in [0.4, 0.5) is 5.13 Å². The number of anilines is 1.